The number of nitrogens with zero attached hydrogens (tertiary/aromatic N) is 2. The van der Waals surface area contributed by atoms with Gasteiger partial charge in [0.1, 0.15) is 0 Å². The molecule has 0 fully saturated rings. The summed E-state index contributed by atoms with van der Waals surface area (Å²) in [4.78, 5) is 4.04. The van der Waals surface area contributed by atoms with E-state index >= 15 is 0 Å². The van der Waals surface area contributed by atoms with Crippen LogP contribution in [0.5, 0.6) is 0 Å². The Morgan fingerprint density at radius 1 is 1.43 bits per heavy atom. The fourth-order valence-electron chi connectivity index (χ4n) is 0.978. The van der Waals surface area contributed by atoms with Gasteiger partial charge in [-0.25, -0.2) is 0 Å². The lowest BCUT2D eigenvalue weighted by atomic mass is 10.5. The minimum Gasteiger partial charge on any atom is -0.355 e. The van der Waals surface area contributed by atoms with Gasteiger partial charge in [-0.3, -0.25) is 0 Å². The highest BCUT2D eigenvalue weighted by Gasteiger charge is 2.05. The molecule has 6 nitrogen and oxygen atoms in total. The van der Waals surface area contributed by atoms with Gasteiger partial charge in [0.05, 0.1) is 6.54 Å². The molecule has 1 N–H and O–H groups in total. The molecule has 0 bridgehead atoms. The van der Waals surface area contributed by atoms with Crippen LogP contribution < -0.4 is 5.32 Å². The molecule has 1 aromatic rings. The van der Waals surface area contributed by atoms with E-state index in [4.69, 9.17) is 14.0 Å². The van der Waals surface area contributed by atoms with E-state index in [2.05, 4.69) is 15.5 Å². The molecule has 0 saturated carbocycles. The van der Waals surface area contributed by atoms with Gasteiger partial charge in [-0.15, -0.1) is 0 Å². The van der Waals surface area contributed by atoms with Gasteiger partial charge in [0, 0.05) is 27.7 Å². The lowest BCUT2D eigenvalue weighted by Crippen LogP contribution is -2.29. The maximum Gasteiger partial charge on any atom is 0.223 e. The minimum absolute atomic E-state index is 0.247. The van der Waals surface area contributed by atoms with Crippen LogP contribution in [0.2, 0.25) is 0 Å². The average Bonchev–Trinajstić information content (AvgIpc) is 2.59. The number of rotatable bonds is 6. The average molecular weight is 201 g/mol. The first kappa shape index (κ1) is 11.1. The van der Waals surface area contributed by atoms with Crippen molar-refractivity contribution < 1.29 is 14.0 Å². The fourth-order valence-corrected chi connectivity index (χ4v) is 0.978. The molecule has 1 aromatic heterocycles. The van der Waals surface area contributed by atoms with Gasteiger partial charge < -0.3 is 19.3 Å². The summed E-state index contributed by atoms with van der Waals surface area (Å²) in [6.45, 7) is 2.88. The van der Waals surface area contributed by atoms with Crippen LogP contribution >= 0.6 is 0 Å². The van der Waals surface area contributed by atoms with Gasteiger partial charge >= 0.3 is 0 Å². The fraction of sp³-hybridized carbons (Fsp3) is 0.750. The van der Waals surface area contributed by atoms with Gasteiger partial charge in [0.15, 0.2) is 12.1 Å². The maximum absolute atomic E-state index is 4.99. The molecule has 14 heavy (non-hydrogen) atoms. The number of hydrogen-bond donors (Lipinski definition) is 1. The molecule has 0 radical (unpaired) electrons. The van der Waals surface area contributed by atoms with Crippen molar-refractivity contribution in [1.29, 1.82) is 0 Å². The van der Waals surface area contributed by atoms with Crippen LogP contribution in [0.1, 0.15) is 11.7 Å². The van der Waals surface area contributed by atoms with Gasteiger partial charge in [-0.1, -0.05) is 5.16 Å². The SMILES string of the molecule is COC(CNCc1noc(C)n1)OC. The minimum atomic E-state index is -0.247. The quantitative estimate of drug-likeness (QED) is 0.658. The van der Waals surface area contributed by atoms with Crippen LogP contribution in [0.15, 0.2) is 4.52 Å². The van der Waals surface area contributed by atoms with Crippen molar-refractivity contribution in [2.75, 3.05) is 20.8 Å². The van der Waals surface area contributed by atoms with Crippen LogP contribution in [0, 0.1) is 6.92 Å². The molecular formula is C8H15N3O3. The molecular weight excluding hydrogens is 186 g/mol. The van der Waals surface area contributed by atoms with Crippen LogP contribution in [-0.2, 0) is 16.0 Å². The summed E-state index contributed by atoms with van der Waals surface area (Å²) in [5, 5.41) is 6.82. The zero-order valence-electron chi connectivity index (χ0n) is 8.61. The van der Waals surface area contributed by atoms with Gasteiger partial charge in [-0.05, 0) is 0 Å². The second-order valence-electron chi connectivity index (χ2n) is 2.76. The maximum atomic E-state index is 4.99. The second-order valence-corrected chi connectivity index (χ2v) is 2.76. The smallest absolute Gasteiger partial charge is 0.223 e. The Kier molecular flexibility index (Phi) is 4.51. The second kappa shape index (κ2) is 5.69. The van der Waals surface area contributed by atoms with E-state index in [1.807, 2.05) is 0 Å². The van der Waals surface area contributed by atoms with Crippen LogP contribution in [-0.4, -0.2) is 37.2 Å². The molecule has 1 rings (SSSR count). The Morgan fingerprint density at radius 3 is 2.64 bits per heavy atom. The Morgan fingerprint density at radius 2 is 2.14 bits per heavy atom. The summed E-state index contributed by atoms with van der Waals surface area (Å²) in [6.07, 6.45) is -0.247. The predicted molar refractivity (Wildman–Crippen MR) is 48.5 cm³/mol. The molecule has 0 spiro atoms. The van der Waals surface area contributed by atoms with Crippen LogP contribution in [0.4, 0.5) is 0 Å². The molecule has 0 amide bonds. The molecule has 6 heteroatoms. The summed E-state index contributed by atoms with van der Waals surface area (Å²) in [7, 11) is 3.18. The van der Waals surface area contributed by atoms with Crippen LogP contribution in [0.3, 0.4) is 0 Å². The lowest BCUT2D eigenvalue weighted by molar-refractivity contribution is -0.0989. The van der Waals surface area contributed by atoms with Crippen LogP contribution in [0.25, 0.3) is 0 Å². The van der Waals surface area contributed by atoms with E-state index in [1.165, 1.54) is 0 Å². The molecule has 0 unspecified atom stereocenters. The number of aryl methyl sites for hydroxylation is 1. The van der Waals surface area contributed by atoms with E-state index in [0.717, 1.165) is 0 Å². The number of aromatic nitrogens is 2. The molecule has 0 saturated heterocycles. The van der Waals surface area contributed by atoms with E-state index < -0.39 is 0 Å². The third kappa shape index (κ3) is 3.41. The summed E-state index contributed by atoms with van der Waals surface area (Å²) in [5.41, 5.74) is 0. The standard InChI is InChI=1S/C8H15N3O3/c1-6-10-7(11-14-6)4-9-5-8(12-2)13-3/h8-9H,4-5H2,1-3H3. The molecule has 0 aliphatic rings. The molecule has 0 aromatic carbocycles. The third-order valence-corrected chi connectivity index (χ3v) is 1.69. The monoisotopic (exact) mass is 201 g/mol. The largest absolute Gasteiger partial charge is 0.355 e. The highest BCUT2D eigenvalue weighted by Crippen LogP contribution is 1.94. The number of methoxy groups -OCH3 is 2. The van der Waals surface area contributed by atoms with E-state index in [1.54, 1.807) is 21.1 Å². The van der Waals surface area contributed by atoms with Gasteiger partial charge in [0.2, 0.25) is 5.89 Å². The van der Waals surface area contributed by atoms with Crippen molar-refractivity contribution in [1.82, 2.24) is 15.5 Å². The van der Waals surface area contributed by atoms with Gasteiger partial charge in [0.25, 0.3) is 0 Å². The number of ether oxygens (including phenoxy) is 2. The summed E-state index contributed by atoms with van der Waals surface area (Å²) in [6, 6.07) is 0. The Bertz CT molecular complexity index is 260. The number of hydrogen-bond acceptors (Lipinski definition) is 6. The Balaban J connectivity index is 2.21. The van der Waals surface area contributed by atoms with E-state index in [0.29, 0.717) is 24.8 Å². The van der Waals surface area contributed by atoms with Gasteiger partial charge in [-0.2, -0.15) is 4.98 Å². The van der Waals surface area contributed by atoms with Crippen molar-refractivity contribution in [2.24, 2.45) is 0 Å². The number of nitrogens with one attached hydrogen (secondary N) is 1. The zero-order chi connectivity index (χ0) is 10.4. The first-order valence-corrected chi connectivity index (χ1v) is 4.31. The van der Waals surface area contributed by atoms with E-state index in [9.17, 15) is 0 Å². The summed E-state index contributed by atoms with van der Waals surface area (Å²) < 4.78 is 14.8. The first-order chi connectivity index (χ1) is 6.76. The lowest BCUT2D eigenvalue weighted by Gasteiger charge is -2.12. The molecule has 1 heterocycles. The molecule has 0 aliphatic carbocycles. The van der Waals surface area contributed by atoms with Crippen molar-refractivity contribution in [3.63, 3.8) is 0 Å². The summed E-state index contributed by atoms with van der Waals surface area (Å²) >= 11 is 0. The molecule has 0 atom stereocenters. The summed E-state index contributed by atoms with van der Waals surface area (Å²) in [5.74, 6) is 1.20. The Labute approximate surface area is 82.6 Å². The van der Waals surface area contributed by atoms with Crippen molar-refractivity contribution in [3.05, 3.63) is 11.7 Å². The topological polar surface area (TPSA) is 69.4 Å². The van der Waals surface area contributed by atoms with Crippen molar-refractivity contribution in [2.45, 2.75) is 19.8 Å². The predicted octanol–water partition coefficient (Wildman–Crippen LogP) is 0.0865. The third-order valence-electron chi connectivity index (χ3n) is 1.69. The van der Waals surface area contributed by atoms with Crippen molar-refractivity contribution >= 4 is 0 Å². The Hall–Kier alpha value is -0.980. The highest BCUT2D eigenvalue weighted by molar-refractivity contribution is 4.82. The first-order valence-electron chi connectivity index (χ1n) is 4.31. The molecule has 0 aliphatic heterocycles. The zero-order valence-corrected chi connectivity index (χ0v) is 8.61. The van der Waals surface area contributed by atoms with E-state index in [-0.39, 0.29) is 6.29 Å². The molecule has 80 valence electrons. The normalized spacial score (nSPS) is 11.1. The highest BCUT2D eigenvalue weighted by atomic mass is 16.7. The van der Waals surface area contributed by atoms with Crippen molar-refractivity contribution in [3.8, 4) is 0 Å².